The second-order valence-electron chi connectivity index (χ2n) is 9.23. The van der Waals surface area contributed by atoms with Crippen molar-refractivity contribution in [2.75, 3.05) is 32.6 Å². The van der Waals surface area contributed by atoms with Crippen molar-refractivity contribution in [3.63, 3.8) is 0 Å². The summed E-state index contributed by atoms with van der Waals surface area (Å²) < 4.78 is 40.4. The molecule has 1 aliphatic rings. The average Bonchev–Trinajstić information content (AvgIpc) is 3.17. The molecule has 0 bridgehead atoms. The van der Waals surface area contributed by atoms with Crippen LogP contribution >= 0.6 is 11.3 Å². The molecule has 36 heavy (non-hydrogen) atoms. The van der Waals surface area contributed by atoms with E-state index < -0.39 is 21.5 Å². The van der Waals surface area contributed by atoms with Gasteiger partial charge in [-0.05, 0) is 37.3 Å². The maximum Gasteiger partial charge on any atom is 0.263 e. The molecule has 12 heteroatoms. The Kier molecular flexibility index (Phi) is 7.39. The van der Waals surface area contributed by atoms with Crippen LogP contribution in [0.5, 0.6) is 11.5 Å². The number of aromatic nitrogens is 2. The molecule has 2 atom stereocenters. The number of rotatable bonds is 7. The Balaban J connectivity index is 1.68. The second-order valence-corrected chi connectivity index (χ2v) is 12.3. The highest BCUT2D eigenvalue weighted by molar-refractivity contribution is 7.89. The highest BCUT2D eigenvalue weighted by atomic mass is 32.2. The van der Waals surface area contributed by atoms with Crippen molar-refractivity contribution >= 4 is 43.2 Å². The summed E-state index contributed by atoms with van der Waals surface area (Å²) in [6, 6.07) is 4.96. The average molecular weight is 535 g/mol. The largest absolute Gasteiger partial charge is 0.497 e. The number of carbonyl (C=O) groups excluding carboxylic acids is 1. The molecule has 0 saturated carbocycles. The topological polar surface area (TPSA) is 120 Å². The van der Waals surface area contributed by atoms with Crippen LogP contribution in [0.25, 0.3) is 10.2 Å². The van der Waals surface area contributed by atoms with Crippen LogP contribution in [0.3, 0.4) is 0 Å². The quantitative estimate of drug-likeness (QED) is 0.495. The van der Waals surface area contributed by atoms with Gasteiger partial charge in [-0.25, -0.2) is 13.4 Å². The van der Waals surface area contributed by atoms with Gasteiger partial charge in [0.05, 0.1) is 31.6 Å². The number of nitrogens with one attached hydrogen (secondary N) is 1. The number of sulfonamides is 1. The normalized spacial score (nSPS) is 18.8. The van der Waals surface area contributed by atoms with Gasteiger partial charge in [-0.15, -0.1) is 11.3 Å². The molecule has 0 spiro atoms. The molecular formula is C24H30N4O6S2. The highest BCUT2D eigenvalue weighted by Crippen LogP contribution is 2.35. The van der Waals surface area contributed by atoms with E-state index in [4.69, 9.17) is 9.47 Å². The maximum absolute atomic E-state index is 13.7. The van der Waals surface area contributed by atoms with Crippen LogP contribution in [-0.4, -0.2) is 55.5 Å². The molecule has 3 heterocycles. The Labute approximate surface area is 213 Å². The first-order valence-electron chi connectivity index (χ1n) is 11.6. The molecule has 10 nitrogen and oxygen atoms in total. The number of thiophene rings is 1. The van der Waals surface area contributed by atoms with Gasteiger partial charge in [-0.1, -0.05) is 13.8 Å². The van der Waals surface area contributed by atoms with Gasteiger partial charge in [0.2, 0.25) is 15.9 Å². The van der Waals surface area contributed by atoms with E-state index in [1.54, 1.807) is 25.1 Å². The Morgan fingerprint density at radius 3 is 2.53 bits per heavy atom. The Morgan fingerprint density at radius 2 is 1.89 bits per heavy atom. The number of fused-ring (bicyclic) bond motifs is 1. The summed E-state index contributed by atoms with van der Waals surface area (Å²) in [6.45, 7) is 6.20. The number of hydrogen-bond acceptors (Lipinski definition) is 8. The summed E-state index contributed by atoms with van der Waals surface area (Å²) in [7, 11) is -0.931. The van der Waals surface area contributed by atoms with Crippen molar-refractivity contribution in [1.82, 2.24) is 13.9 Å². The number of amides is 1. The Bertz CT molecular complexity index is 1450. The van der Waals surface area contributed by atoms with Gasteiger partial charge in [0, 0.05) is 24.0 Å². The molecule has 1 amide bonds. The zero-order valence-electron chi connectivity index (χ0n) is 20.9. The number of piperidine rings is 1. The third-order valence-electron chi connectivity index (χ3n) is 6.23. The third kappa shape index (κ3) is 4.97. The van der Waals surface area contributed by atoms with Crippen molar-refractivity contribution in [2.45, 2.75) is 38.6 Å². The van der Waals surface area contributed by atoms with E-state index in [0.29, 0.717) is 40.0 Å². The number of hydrogen-bond donors (Lipinski definition) is 1. The van der Waals surface area contributed by atoms with Crippen molar-refractivity contribution in [1.29, 1.82) is 0 Å². The molecule has 4 rings (SSSR count). The number of benzene rings is 1. The zero-order chi connectivity index (χ0) is 26.2. The van der Waals surface area contributed by atoms with Crippen LogP contribution in [0, 0.1) is 18.8 Å². The van der Waals surface area contributed by atoms with Crippen LogP contribution in [-0.2, 0) is 21.4 Å². The van der Waals surface area contributed by atoms with Gasteiger partial charge >= 0.3 is 0 Å². The first-order valence-corrected chi connectivity index (χ1v) is 13.8. The summed E-state index contributed by atoms with van der Waals surface area (Å²) in [5.74, 6) is 0.898. The minimum absolute atomic E-state index is 0.00877. The predicted molar refractivity (Wildman–Crippen MR) is 138 cm³/mol. The summed E-state index contributed by atoms with van der Waals surface area (Å²) in [5.41, 5.74) is -0.194. The van der Waals surface area contributed by atoms with E-state index in [-0.39, 0.29) is 28.7 Å². The van der Waals surface area contributed by atoms with Gasteiger partial charge < -0.3 is 14.8 Å². The monoisotopic (exact) mass is 534 g/mol. The van der Waals surface area contributed by atoms with E-state index in [2.05, 4.69) is 10.3 Å². The zero-order valence-corrected chi connectivity index (χ0v) is 22.5. The van der Waals surface area contributed by atoms with E-state index in [0.717, 1.165) is 22.3 Å². The number of aryl methyl sites for hydroxylation is 1. The van der Waals surface area contributed by atoms with E-state index >= 15 is 0 Å². The van der Waals surface area contributed by atoms with Crippen LogP contribution in [0.15, 0.2) is 34.2 Å². The van der Waals surface area contributed by atoms with Gasteiger partial charge in [0.1, 0.15) is 27.8 Å². The first-order chi connectivity index (χ1) is 17.0. The fourth-order valence-corrected chi connectivity index (χ4v) is 8.07. The molecular weight excluding hydrogens is 504 g/mol. The molecule has 0 radical (unpaired) electrons. The van der Waals surface area contributed by atoms with Crippen LogP contribution in [0.1, 0.15) is 25.1 Å². The molecule has 1 saturated heterocycles. The molecule has 1 aliphatic heterocycles. The lowest BCUT2D eigenvalue weighted by Crippen LogP contribution is -2.42. The number of anilines is 1. The van der Waals surface area contributed by atoms with Crippen LogP contribution in [0.4, 0.5) is 5.69 Å². The van der Waals surface area contributed by atoms with Crippen molar-refractivity contribution in [3.05, 3.63) is 39.8 Å². The minimum atomic E-state index is -3.92. The summed E-state index contributed by atoms with van der Waals surface area (Å²) in [4.78, 5) is 31.4. The van der Waals surface area contributed by atoms with E-state index in [9.17, 15) is 18.0 Å². The fourth-order valence-electron chi connectivity index (χ4n) is 4.72. The van der Waals surface area contributed by atoms with Crippen molar-refractivity contribution in [2.24, 2.45) is 11.8 Å². The number of nitrogens with zero attached hydrogens (tertiary/aromatic N) is 3. The number of carbonyl (C=O) groups is 1. The molecule has 3 aromatic rings. The number of methoxy groups -OCH3 is 2. The summed E-state index contributed by atoms with van der Waals surface area (Å²) >= 11 is 1.16. The lowest BCUT2D eigenvalue weighted by molar-refractivity contribution is -0.116. The Hall–Kier alpha value is -2.96. The van der Waals surface area contributed by atoms with Gasteiger partial charge in [0.15, 0.2) is 0 Å². The lowest BCUT2D eigenvalue weighted by atomic mass is 9.94. The molecule has 1 N–H and O–H groups in total. The molecule has 1 aromatic carbocycles. The Morgan fingerprint density at radius 1 is 1.19 bits per heavy atom. The van der Waals surface area contributed by atoms with E-state index in [1.165, 1.54) is 24.9 Å². The smallest absolute Gasteiger partial charge is 0.263 e. The van der Waals surface area contributed by atoms with Crippen LogP contribution in [0.2, 0.25) is 0 Å². The predicted octanol–water partition coefficient (Wildman–Crippen LogP) is 3.09. The second kappa shape index (κ2) is 10.2. The molecule has 0 unspecified atom stereocenters. The fraction of sp³-hybridized carbons (Fsp3) is 0.458. The SMILES string of the molecule is COc1ccc(OC)c(NC(=O)Cn2cnc3sc(C)c(S(=O)(=O)N4C[C@@H](C)C[C@H](C)C4)c3c2=O)c1. The minimum Gasteiger partial charge on any atom is -0.497 e. The standard InChI is InChI=1S/C24H30N4O6S2/c1-14-8-15(2)11-28(10-14)36(31,32)22-16(3)35-23-21(22)24(30)27(13-25-23)12-20(29)26-18-9-17(33-4)6-7-19(18)34-5/h6-7,9,13-15H,8,10-12H2,1-5H3,(H,26,29)/t14-,15-/m0/s1. The maximum atomic E-state index is 13.7. The van der Waals surface area contributed by atoms with Crippen molar-refractivity contribution < 1.29 is 22.7 Å². The number of ether oxygens (including phenoxy) is 2. The van der Waals surface area contributed by atoms with Gasteiger partial charge in [-0.3, -0.25) is 14.2 Å². The molecule has 1 fully saturated rings. The van der Waals surface area contributed by atoms with Gasteiger partial charge in [0.25, 0.3) is 5.56 Å². The van der Waals surface area contributed by atoms with Crippen molar-refractivity contribution in [3.8, 4) is 11.5 Å². The summed E-state index contributed by atoms with van der Waals surface area (Å²) in [5, 5.41) is 2.74. The third-order valence-corrected chi connectivity index (χ3v) is 9.37. The highest BCUT2D eigenvalue weighted by Gasteiger charge is 2.35. The van der Waals surface area contributed by atoms with Gasteiger partial charge in [-0.2, -0.15) is 4.31 Å². The lowest BCUT2D eigenvalue weighted by Gasteiger charge is -2.34. The summed E-state index contributed by atoms with van der Waals surface area (Å²) in [6.07, 6.45) is 2.22. The molecule has 194 valence electrons. The molecule has 0 aliphatic carbocycles. The van der Waals surface area contributed by atoms with Crippen LogP contribution < -0.4 is 20.3 Å². The first kappa shape index (κ1) is 26.1. The van der Waals surface area contributed by atoms with E-state index in [1.807, 2.05) is 13.8 Å². The molecule has 2 aromatic heterocycles.